The second-order valence-corrected chi connectivity index (χ2v) is 5.87. The summed E-state index contributed by atoms with van der Waals surface area (Å²) in [6, 6.07) is 3.27. The average molecular weight is 302 g/mol. The zero-order valence-electron chi connectivity index (χ0n) is 11.1. The van der Waals surface area contributed by atoms with E-state index in [0.717, 1.165) is 12.1 Å². The predicted octanol–water partition coefficient (Wildman–Crippen LogP) is 1.06. The van der Waals surface area contributed by atoms with Crippen LogP contribution in [0, 0.1) is 16.0 Å². The van der Waals surface area contributed by atoms with Crippen molar-refractivity contribution in [1.29, 1.82) is 0 Å². The Kier molecular flexibility index (Phi) is 4.66. The van der Waals surface area contributed by atoms with Gasteiger partial charge in [0, 0.05) is 5.92 Å². The maximum atomic E-state index is 12.0. The Hall–Kier alpha value is -2.16. The fourth-order valence-corrected chi connectivity index (χ4v) is 2.57. The Morgan fingerprint density at radius 1 is 1.40 bits per heavy atom. The minimum Gasteiger partial charge on any atom is -0.497 e. The van der Waals surface area contributed by atoms with Gasteiger partial charge in [-0.25, -0.2) is 13.1 Å². The van der Waals surface area contributed by atoms with E-state index in [2.05, 4.69) is 0 Å². The first-order valence-electron chi connectivity index (χ1n) is 5.58. The third kappa shape index (κ3) is 3.44. The summed E-state index contributed by atoms with van der Waals surface area (Å²) in [6.45, 7) is 3.01. The zero-order valence-corrected chi connectivity index (χ0v) is 11.9. The third-order valence-corrected chi connectivity index (χ3v) is 3.81. The van der Waals surface area contributed by atoms with Crippen LogP contribution in [0.3, 0.4) is 0 Å². The Morgan fingerprint density at radius 3 is 2.45 bits per heavy atom. The van der Waals surface area contributed by atoms with E-state index in [4.69, 9.17) is 4.74 Å². The normalized spacial score (nSPS) is 11.2. The van der Waals surface area contributed by atoms with Crippen LogP contribution in [0.15, 0.2) is 23.1 Å². The van der Waals surface area contributed by atoms with Crippen LogP contribution in [-0.2, 0) is 14.8 Å². The molecule has 0 heterocycles. The van der Waals surface area contributed by atoms with Gasteiger partial charge in [-0.05, 0) is 12.1 Å². The van der Waals surface area contributed by atoms with Crippen LogP contribution in [0.4, 0.5) is 5.69 Å². The number of carbonyl (C=O) groups is 1. The molecule has 0 unspecified atom stereocenters. The van der Waals surface area contributed by atoms with E-state index in [1.165, 1.54) is 27.0 Å². The number of benzene rings is 1. The van der Waals surface area contributed by atoms with Gasteiger partial charge in [0.15, 0.2) is 4.90 Å². The maximum Gasteiger partial charge on any atom is 0.293 e. The molecule has 0 atom stereocenters. The monoisotopic (exact) mass is 302 g/mol. The largest absolute Gasteiger partial charge is 0.497 e. The van der Waals surface area contributed by atoms with Crippen molar-refractivity contribution in [2.24, 2.45) is 5.92 Å². The molecule has 1 amide bonds. The lowest BCUT2D eigenvalue weighted by molar-refractivity contribution is -0.387. The molecule has 0 aromatic heterocycles. The van der Waals surface area contributed by atoms with E-state index in [9.17, 15) is 23.3 Å². The number of amides is 1. The molecule has 1 aromatic carbocycles. The van der Waals surface area contributed by atoms with Crippen LogP contribution >= 0.6 is 0 Å². The van der Waals surface area contributed by atoms with E-state index < -0.39 is 37.4 Å². The molecule has 0 saturated heterocycles. The minimum atomic E-state index is -4.30. The van der Waals surface area contributed by atoms with Gasteiger partial charge >= 0.3 is 0 Å². The Balaban J connectivity index is 3.31. The van der Waals surface area contributed by atoms with Crippen LogP contribution in [0.1, 0.15) is 13.8 Å². The summed E-state index contributed by atoms with van der Waals surface area (Å²) in [5.74, 6) is -1.16. The van der Waals surface area contributed by atoms with Gasteiger partial charge in [-0.15, -0.1) is 0 Å². The number of methoxy groups -OCH3 is 1. The van der Waals surface area contributed by atoms with Crippen LogP contribution in [-0.4, -0.2) is 26.4 Å². The number of hydrogen-bond donors (Lipinski definition) is 1. The second kappa shape index (κ2) is 5.87. The number of sulfonamides is 1. The van der Waals surface area contributed by atoms with Crippen molar-refractivity contribution in [3.63, 3.8) is 0 Å². The second-order valence-electron chi connectivity index (χ2n) is 4.22. The van der Waals surface area contributed by atoms with Gasteiger partial charge < -0.3 is 4.74 Å². The van der Waals surface area contributed by atoms with Gasteiger partial charge in [0.25, 0.3) is 15.7 Å². The molecule has 9 heteroatoms. The van der Waals surface area contributed by atoms with Crippen LogP contribution in [0.25, 0.3) is 0 Å². The molecule has 1 rings (SSSR count). The summed E-state index contributed by atoms with van der Waals surface area (Å²) >= 11 is 0. The van der Waals surface area contributed by atoms with E-state index in [0.29, 0.717) is 0 Å². The van der Waals surface area contributed by atoms with Crippen molar-refractivity contribution in [1.82, 2.24) is 4.72 Å². The van der Waals surface area contributed by atoms with E-state index in [-0.39, 0.29) is 5.75 Å². The molecule has 0 aliphatic carbocycles. The molecule has 0 saturated carbocycles. The lowest BCUT2D eigenvalue weighted by atomic mass is 10.2. The SMILES string of the molecule is COc1ccc(S(=O)(=O)NC(=O)C(C)C)c([N+](=O)[O-])c1. The van der Waals surface area contributed by atoms with Crippen molar-refractivity contribution >= 4 is 21.6 Å². The standard InChI is InChI=1S/C11H14N2O6S/c1-7(2)11(14)12-20(17,18)10-5-4-8(19-3)6-9(10)13(15)16/h4-7H,1-3H3,(H,12,14). The van der Waals surface area contributed by atoms with Crippen molar-refractivity contribution in [3.05, 3.63) is 28.3 Å². The summed E-state index contributed by atoms with van der Waals surface area (Å²) < 4.78 is 30.6. The van der Waals surface area contributed by atoms with Gasteiger partial charge in [0.05, 0.1) is 18.1 Å². The van der Waals surface area contributed by atoms with Crippen molar-refractivity contribution in [2.75, 3.05) is 7.11 Å². The molecule has 0 spiro atoms. The fraction of sp³-hybridized carbons (Fsp3) is 0.364. The number of carbonyl (C=O) groups excluding carboxylic acids is 1. The number of rotatable bonds is 5. The summed E-state index contributed by atoms with van der Waals surface area (Å²) in [5.41, 5.74) is -0.659. The highest BCUT2D eigenvalue weighted by Crippen LogP contribution is 2.28. The molecule has 0 aliphatic heterocycles. The molecule has 8 nitrogen and oxygen atoms in total. The lowest BCUT2D eigenvalue weighted by Crippen LogP contribution is -2.34. The molecule has 0 radical (unpaired) electrons. The molecular weight excluding hydrogens is 288 g/mol. The molecule has 20 heavy (non-hydrogen) atoms. The maximum absolute atomic E-state index is 12.0. The number of nitrogens with one attached hydrogen (secondary N) is 1. The average Bonchev–Trinajstić information content (AvgIpc) is 2.37. The number of nitro benzene ring substituents is 1. The summed E-state index contributed by atoms with van der Waals surface area (Å²) in [7, 11) is -3.00. The van der Waals surface area contributed by atoms with E-state index in [1.54, 1.807) is 4.72 Å². The van der Waals surface area contributed by atoms with E-state index in [1.807, 2.05) is 0 Å². The van der Waals surface area contributed by atoms with Gasteiger partial charge in [-0.2, -0.15) is 0 Å². The predicted molar refractivity (Wildman–Crippen MR) is 69.8 cm³/mol. The molecule has 0 aliphatic rings. The minimum absolute atomic E-state index is 0.144. The number of hydrogen-bond acceptors (Lipinski definition) is 6. The molecule has 110 valence electrons. The first kappa shape index (κ1) is 15.9. The molecule has 0 bridgehead atoms. The van der Waals surface area contributed by atoms with Gasteiger partial charge in [-0.1, -0.05) is 13.8 Å². The van der Waals surface area contributed by atoms with Crippen LogP contribution in [0.5, 0.6) is 5.75 Å². The van der Waals surface area contributed by atoms with Crippen molar-refractivity contribution in [2.45, 2.75) is 18.7 Å². The first-order valence-corrected chi connectivity index (χ1v) is 7.06. The molecule has 1 aromatic rings. The molecule has 1 N–H and O–H groups in total. The molecular formula is C11H14N2O6S. The highest BCUT2D eigenvalue weighted by atomic mass is 32.2. The number of ether oxygens (including phenoxy) is 1. The quantitative estimate of drug-likeness (QED) is 0.642. The summed E-state index contributed by atoms with van der Waals surface area (Å²) in [6.07, 6.45) is 0. The summed E-state index contributed by atoms with van der Waals surface area (Å²) in [4.78, 5) is 20.9. The fourth-order valence-electron chi connectivity index (χ4n) is 1.30. The zero-order chi connectivity index (χ0) is 15.5. The van der Waals surface area contributed by atoms with Crippen LogP contribution < -0.4 is 9.46 Å². The smallest absolute Gasteiger partial charge is 0.293 e. The summed E-state index contributed by atoms with van der Waals surface area (Å²) in [5, 5.41) is 10.9. The van der Waals surface area contributed by atoms with Gasteiger partial charge in [0.2, 0.25) is 5.91 Å². The van der Waals surface area contributed by atoms with Crippen LogP contribution in [0.2, 0.25) is 0 Å². The number of nitro groups is 1. The highest BCUT2D eigenvalue weighted by Gasteiger charge is 2.28. The Labute approximate surface area is 115 Å². The van der Waals surface area contributed by atoms with Gasteiger partial charge in [0.1, 0.15) is 5.75 Å². The molecule has 0 fully saturated rings. The lowest BCUT2D eigenvalue weighted by Gasteiger charge is -2.09. The Bertz CT molecular complexity index is 638. The number of nitrogens with zero attached hydrogens (tertiary/aromatic N) is 1. The highest BCUT2D eigenvalue weighted by molar-refractivity contribution is 7.90. The van der Waals surface area contributed by atoms with Gasteiger partial charge in [-0.3, -0.25) is 14.9 Å². The first-order chi connectivity index (χ1) is 9.19. The third-order valence-electron chi connectivity index (χ3n) is 2.41. The topological polar surface area (TPSA) is 116 Å². The Morgan fingerprint density at radius 2 is 2.00 bits per heavy atom. The van der Waals surface area contributed by atoms with Crippen molar-refractivity contribution in [3.8, 4) is 5.75 Å². The van der Waals surface area contributed by atoms with Crippen molar-refractivity contribution < 1.29 is 22.9 Å². The van der Waals surface area contributed by atoms with E-state index >= 15 is 0 Å².